The molecule has 0 aliphatic carbocycles. The van der Waals surface area contributed by atoms with Gasteiger partial charge in [-0.2, -0.15) is 11.8 Å². The molecular weight excluding hydrogens is 342 g/mol. The van der Waals surface area contributed by atoms with Crippen molar-refractivity contribution in [1.82, 2.24) is 5.32 Å². The van der Waals surface area contributed by atoms with Gasteiger partial charge in [-0.05, 0) is 26.2 Å². The summed E-state index contributed by atoms with van der Waals surface area (Å²) in [5.41, 5.74) is 0. The smallest absolute Gasteiger partial charge is 0.327 e. The molecule has 0 fully saturated rings. The monoisotopic (exact) mass is 371 g/mol. The molecule has 0 saturated heterocycles. The third kappa shape index (κ3) is 13.4. The number of hydrogen-bond acceptors (Lipinski definition) is 5. The predicted octanol–water partition coefficient (Wildman–Crippen LogP) is 1.89. The zero-order valence-corrected chi connectivity index (χ0v) is 15.6. The predicted molar refractivity (Wildman–Crippen MR) is 102 cm³/mol. The van der Waals surface area contributed by atoms with Gasteiger partial charge in [0, 0.05) is 18.4 Å². The van der Waals surface area contributed by atoms with Crippen molar-refractivity contribution in [2.45, 2.75) is 51.4 Å². The van der Waals surface area contributed by atoms with E-state index in [0.717, 1.165) is 6.42 Å². The Morgan fingerprint density at radius 2 is 1.80 bits per heavy atom. The molecule has 7 heteroatoms. The third-order valence-corrected chi connectivity index (χ3v) is 4.24. The summed E-state index contributed by atoms with van der Waals surface area (Å²) in [6.45, 7) is 3.20. The van der Waals surface area contributed by atoms with E-state index >= 15 is 0 Å². The Balaban J connectivity index is 3.94. The molecule has 0 heterocycles. The lowest BCUT2D eigenvalue weighted by molar-refractivity contribution is -0.140. The van der Waals surface area contributed by atoms with Crippen LogP contribution in [-0.4, -0.2) is 57.0 Å². The molecule has 1 amide bonds. The quantitative estimate of drug-likeness (QED) is 0.224. The fourth-order valence-electron chi connectivity index (χ4n) is 1.89. The molecule has 0 aromatic carbocycles. The average molecular weight is 371 g/mol. The molecule has 0 aliphatic rings. The number of amides is 1. The molecule has 0 aliphatic heterocycles. The zero-order valence-electron chi connectivity index (χ0n) is 14.8. The first kappa shape index (κ1) is 23.4. The molecule has 3 atom stereocenters. The van der Waals surface area contributed by atoms with Gasteiger partial charge in [0.2, 0.25) is 5.91 Å². The molecule has 25 heavy (non-hydrogen) atoms. The van der Waals surface area contributed by atoms with Gasteiger partial charge >= 0.3 is 5.97 Å². The van der Waals surface area contributed by atoms with E-state index in [2.05, 4.69) is 5.32 Å². The van der Waals surface area contributed by atoms with E-state index < -0.39 is 24.2 Å². The number of carboxylic acids is 1. The lowest BCUT2D eigenvalue weighted by Crippen LogP contribution is -2.41. The number of thioether (sulfide) groups is 1. The van der Waals surface area contributed by atoms with Gasteiger partial charge in [0.05, 0.1) is 12.2 Å². The molecular formula is C18H29NO5S. The van der Waals surface area contributed by atoms with Gasteiger partial charge in [-0.15, -0.1) is 0 Å². The van der Waals surface area contributed by atoms with Crippen molar-refractivity contribution in [2.24, 2.45) is 0 Å². The fourth-order valence-corrected chi connectivity index (χ4v) is 2.73. The fraction of sp³-hybridized carbons (Fsp3) is 0.556. The number of allylic oxidation sites excluding steroid dienone is 4. The van der Waals surface area contributed by atoms with Gasteiger partial charge in [-0.25, -0.2) is 4.79 Å². The topological polar surface area (TPSA) is 107 Å². The number of carbonyl (C=O) groups excluding carboxylic acids is 1. The second-order valence-corrected chi connectivity index (χ2v) is 6.58. The minimum Gasteiger partial charge on any atom is -0.480 e. The van der Waals surface area contributed by atoms with Crippen LogP contribution in [0.5, 0.6) is 0 Å². The lowest BCUT2D eigenvalue weighted by Gasteiger charge is -2.15. The normalized spacial score (nSPS) is 15.7. The number of rotatable bonds is 13. The average Bonchev–Trinajstić information content (AvgIpc) is 2.55. The number of hydrogen-bond donors (Lipinski definition) is 4. The Labute approximate surface area is 153 Å². The Bertz CT molecular complexity index is 476. The Morgan fingerprint density at radius 3 is 2.40 bits per heavy atom. The van der Waals surface area contributed by atoms with E-state index in [1.165, 1.54) is 18.7 Å². The number of aliphatic hydroxyl groups is 2. The van der Waals surface area contributed by atoms with Crippen LogP contribution in [0.2, 0.25) is 0 Å². The van der Waals surface area contributed by atoms with E-state index in [1.807, 2.05) is 25.2 Å². The maximum atomic E-state index is 10.9. The summed E-state index contributed by atoms with van der Waals surface area (Å²) in [4.78, 5) is 21.8. The lowest BCUT2D eigenvalue weighted by atomic mass is 10.1. The Morgan fingerprint density at radius 1 is 1.12 bits per heavy atom. The minimum absolute atomic E-state index is 0.292. The Hall–Kier alpha value is -1.57. The van der Waals surface area contributed by atoms with Crippen molar-refractivity contribution in [3.8, 4) is 0 Å². The SMILES string of the molecule is C/C=C/CC[C@@H](O)[C@H](O)C/C=C/C=C/CSC[C@H](NC(C)=O)C(=O)O. The first-order valence-electron chi connectivity index (χ1n) is 8.25. The largest absolute Gasteiger partial charge is 0.480 e. The van der Waals surface area contributed by atoms with Crippen molar-refractivity contribution in [1.29, 1.82) is 0 Å². The number of aliphatic hydroxyl groups excluding tert-OH is 2. The maximum absolute atomic E-state index is 10.9. The van der Waals surface area contributed by atoms with Crippen LogP contribution < -0.4 is 5.32 Å². The highest BCUT2D eigenvalue weighted by molar-refractivity contribution is 7.99. The van der Waals surface area contributed by atoms with Gasteiger partial charge in [-0.3, -0.25) is 4.79 Å². The number of carboxylic acid groups (broad SMARTS) is 1. The van der Waals surface area contributed by atoms with Crippen LogP contribution in [0.1, 0.15) is 33.1 Å². The van der Waals surface area contributed by atoms with Gasteiger partial charge in [0.15, 0.2) is 0 Å². The first-order valence-corrected chi connectivity index (χ1v) is 9.40. The van der Waals surface area contributed by atoms with Crippen LogP contribution in [0, 0.1) is 0 Å². The molecule has 0 spiro atoms. The standard InChI is InChI=1S/C18H29NO5S/c1-3-4-7-10-16(21)17(22)11-8-5-6-9-12-25-13-15(18(23)24)19-14(2)20/h3-6,8-9,15-17,21-22H,7,10-13H2,1-2H3,(H,19,20)(H,23,24)/b4-3+,8-5+,9-6+/t15-,16+,17+/m0/s1. The molecule has 4 N–H and O–H groups in total. The van der Waals surface area contributed by atoms with Crippen molar-refractivity contribution >= 4 is 23.6 Å². The van der Waals surface area contributed by atoms with E-state index in [0.29, 0.717) is 24.3 Å². The molecule has 6 nitrogen and oxygen atoms in total. The highest BCUT2D eigenvalue weighted by atomic mass is 32.2. The van der Waals surface area contributed by atoms with Gasteiger partial charge < -0.3 is 20.6 Å². The summed E-state index contributed by atoms with van der Waals surface area (Å²) in [7, 11) is 0. The summed E-state index contributed by atoms with van der Waals surface area (Å²) in [6, 6.07) is -0.884. The molecule has 0 bridgehead atoms. The van der Waals surface area contributed by atoms with Crippen LogP contribution in [0.25, 0.3) is 0 Å². The molecule has 142 valence electrons. The van der Waals surface area contributed by atoms with Crippen LogP contribution in [-0.2, 0) is 9.59 Å². The summed E-state index contributed by atoms with van der Waals surface area (Å²) >= 11 is 1.40. The molecule has 0 radical (unpaired) electrons. The summed E-state index contributed by atoms with van der Waals surface area (Å²) < 4.78 is 0. The van der Waals surface area contributed by atoms with Gasteiger partial charge in [0.1, 0.15) is 6.04 Å². The summed E-state index contributed by atoms with van der Waals surface area (Å²) in [6.07, 6.45) is 11.2. The maximum Gasteiger partial charge on any atom is 0.327 e. The zero-order chi connectivity index (χ0) is 19.1. The van der Waals surface area contributed by atoms with E-state index in [1.54, 1.807) is 18.2 Å². The summed E-state index contributed by atoms with van der Waals surface area (Å²) in [5, 5.41) is 30.9. The Kier molecular flexibility index (Phi) is 13.8. The molecule has 0 aromatic heterocycles. The van der Waals surface area contributed by atoms with Crippen LogP contribution >= 0.6 is 11.8 Å². The van der Waals surface area contributed by atoms with E-state index in [9.17, 15) is 19.8 Å². The number of nitrogens with one attached hydrogen (secondary N) is 1. The highest BCUT2D eigenvalue weighted by Gasteiger charge is 2.17. The number of carbonyl (C=O) groups is 2. The van der Waals surface area contributed by atoms with E-state index in [-0.39, 0.29) is 5.91 Å². The summed E-state index contributed by atoms with van der Waals surface area (Å²) in [5.74, 6) is -0.506. The van der Waals surface area contributed by atoms with Crippen molar-refractivity contribution in [2.75, 3.05) is 11.5 Å². The second kappa shape index (κ2) is 14.7. The number of aliphatic carboxylic acids is 1. The van der Waals surface area contributed by atoms with Crippen molar-refractivity contribution in [3.63, 3.8) is 0 Å². The van der Waals surface area contributed by atoms with Crippen LogP contribution in [0.4, 0.5) is 0 Å². The minimum atomic E-state index is -1.05. The third-order valence-electron chi connectivity index (χ3n) is 3.24. The highest BCUT2D eigenvalue weighted by Crippen LogP contribution is 2.08. The van der Waals surface area contributed by atoms with Gasteiger partial charge in [0.25, 0.3) is 0 Å². The molecule has 0 saturated carbocycles. The van der Waals surface area contributed by atoms with Crippen molar-refractivity contribution in [3.05, 3.63) is 36.5 Å². The van der Waals surface area contributed by atoms with Crippen LogP contribution in [0.15, 0.2) is 36.5 Å². The van der Waals surface area contributed by atoms with E-state index in [4.69, 9.17) is 5.11 Å². The van der Waals surface area contributed by atoms with Crippen LogP contribution in [0.3, 0.4) is 0 Å². The molecule has 0 rings (SSSR count). The molecule has 0 unspecified atom stereocenters. The van der Waals surface area contributed by atoms with Crippen molar-refractivity contribution < 1.29 is 24.9 Å². The first-order chi connectivity index (χ1) is 11.9. The molecule has 0 aromatic rings. The van der Waals surface area contributed by atoms with Gasteiger partial charge in [-0.1, -0.05) is 36.5 Å². The second-order valence-electron chi connectivity index (χ2n) is 5.50.